The number of ether oxygens (including phenoxy) is 2. The highest BCUT2D eigenvalue weighted by molar-refractivity contribution is 6.11. The lowest BCUT2D eigenvalue weighted by Crippen LogP contribution is -2.07. The van der Waals surface area contributed by atoms with Crippen molar-refractivity contribution in [1.82, 2.24) is 0 Å². The monoisotopic (exact) mass is 312 g/mol. The number of para-hydroxylation sites is 1. The van der Waals surface area contributed by atoms with Gasteiger partial charge in [-0.15, -0.1) is 0 Å². The zero-order valence-electron chi connectivity index (χ0n) is 12.4. The zero-order valence-corrected chi connectivity index (χ0v) is 12.4. The molecule has 1 aromatic heterocycles. The lowest BCUT2D eigenvalue weighted by Gasteiger charge is -2.07. The van der Waals surface area contributed by atoms with Crippen molar-refractivity contribution in [3.05, 3.63) is 57.9 Å². The van der Waals surface area contributed by atoms with Gasteiger partial charge in [-0.25, -0.2) is 14.4 Å². The van der Waals surface area contributed by atoms with Crippen molar-refractivity contribution >= 4 is 33.7 Å². The van der Waals surface area contributed by atoms with E-state index in [1.54, 1.807) is 24.3 Å². The summed E-state index contributed by atoms with van der Waals surface area (Å²) in [7, 11) is 2.51. The molecule has 6 heteroatoms. The molecule has 0 fully saturated rings. The highest BCUT2D eigenvalue weighted by Crippen LogP contribution is 2.26. The Kier molecular flexibility index (Phi) is 3.57. The minimum atomic E-state index is -0.644. The van der Waals surface area contributed by atoms with E-state index in [1.807, 2.05) is 0 Å². The van der Waals surface area contributed by atoms with Gasteiger partial charge in [-0.2, -0.15) is 0 Å². The summed E-state index contributed by atoms with van der Waals surface area (Å²) >= 11 is 0. The van der Waals surface area contributed by atoms with Crippen LogP contribution >= 0.6 is 0 Å². The predicted octanol–water partition coefficient (Wildman–Crippen LogP) is 2.52. The summed E-state index contributed by atoms with van der Waals surface area (Å²) in [4.78, 5) is 35.7. The lowest BCUT2D eigenvalue weighted by atomic mass is 10.0. The normalized spacial score (nSPS) is 10.7. The first-order chi connectivity index (χ1) is 11.1. The van der Waals surface area contributed by atoms with Crippen LogP contribution in [0.25, 0.3) is 21.7 Å². The Hall–Kier alpha value is -3.15. The van der Waals surface area contributed by atoms with E-state index in [0.29, 0.717) is 10.8 Å². The number of methoxy groups -OCH3 is 2. The van der Waals surface area contributed by atoms with Crippen LogP contribution in [0.2, 0.25) is 0 Å². The topological polar surface area (TPSA) is 82.8 Å². The molecule has 23 heavy (non-hydrogen) atoms. The molecule has 0 aliphatic rings. The molecule has 2 aromatic carbocycles. The molecule has 0 unspecified atom stereocenters. The van der Waals surface area contributed by atoms with Crippen LogP contribution in [-0.4, -0.2) is 26.2 Å². The van der Waals surface area contributed by atoms with E-state index in [2.05, 4.69) is 4.74 Å². The summed E-state index contributed by atoms with van der Waals surface area (Å²) in [5, 5.41) is 1.40. The Morgan fingerprint density at radius 3 is 2.35 bits per heavy atom. The van der Waals surface area contributed by atoms with Crippen LogP contribution in [0.15, 0.2) is 45.6 Å². The molecule has 116 valence electrons. The Balaban J connectivity index is 2.39. The molecule has 0 aliphatic carbocycles. The van der Waals surface area contributed by atoms with Crippen LogP contribution in [0.5, 0.6) is 0 Å². The van der Waals surface area contributed by atoms with Gasteiger partial charge in [0.1, 0.15) is 5.56 Å². The van der Waals surface area contributed by atoms with Crippen LogP contribution in [0.4, 0.5) is 0 Å². The van der Waals surface area contributed by atoms with Crippen molar-refractivity contribution < 1.29 is 23.5 Å². The molecule has 0 radical (unpaired) electrons. The Bertz CT molecular complexity index is 999. The van der Waals surface area contributed by atoms with Gasteiger partial charge in [0, 0.05) is 5.39 Å². The maximum absolute atomic E-state index is 12.2. The molecule has 0 saturated heterocycles. The highest BCUT2D eigenvalue weighted by atomic mass is 16.5. The molecule has 3 aromatic rings. The van der Waals surface area contributed by atoms with Crippen molar-refractivity contribution in [2.45, 2.75) is 0 Å². The van der Waals surface area contributed by atoms with E-state index in [9.17, 15) is 14.4 Å². The number of hydrogen-bond donors (Lipinski definition) is 0. The number of benzene rings is 2. The number of rotatable bonds is 2. The second kappa shape index (κ2) is 5.57. The van der Waals surface area contributed by atoms with Gasteiger partial charge < -0.3 is 13.9 Å². The van der Waals surface area contributed by atoms with Crippen LogP contribution in [-0.2, 0) is 9.47 Å². The van der Waals surface area contributed by atoms with Gasteiger partial charge in [0.05, 0.1) is 25.2 Å². The van der Waals surface area contributed by atoms with Crippen LogP contribution in [0.1, 0.15) is 20.7 Å². The van der Waals surface area contributed by atoms with Gasteiger partial charge in [0.15, 0.2) is 5.58 Å². The van der Waals surface area contributed by atoms with Gasteiger partial charge in [0.25, 0.3) is 0 Å². The number of hydrogen-bond acceptors (Lipinski definition) is 6. The molecule has 0 spiro atoms. The minimum Gasteiger partial charge on any atom is -0.465 e. The van der Waals surface area contributed by atoms with E-state index in [4.69, 9.17) is 9.15 Å². The van der Waals surface area contributed by atoms with Gasteiger partial charge in [-0.3, -0.25) is 0 Å². The fraction of sp³-hybridized carbons (Fsp3) is 0.118. The van der Waals surface area contributed by atoms with Gasteiger partial charge in [0.2, 0.25) is 0 Å². The van der Waals surface area contributed by atoms with Crippen molar-refractivity contribution in [2.24, 2.45) is 0 Å². The number of carbonyl (C=O) groups excluding carboxylic acids is 2. The summed E-state index contributed by atoms with van der Waals surface area (Å²) in [5.41, 5.74) is -0.0749. The fourth-order valence-electron chi connectivity index (χ4n) is 2.47. The first kappa shape index (κ1) is 14.8. The van der Waals surface area contributed by atoms with Crippen LogP contribution in [0.3, 0.4) is 0 Å². The van der Waals surface area contributed by atoms with E-state index >= 15 is 0 Å². The molecule has 6 nitrogen and oxygen atoms in total. The van der Waals surface area contributed by atoms with Crippen LogP contribution < -0.4 is 5.63 Å². The van der Waals surface area contributed by atoms with Crippen molar-refractivity contribution in [2.75, 3.05) is 14.2 Å². The molecule has 0 aliphatic heterocycles. The summed E-state index contributed by atoms with van der Waals surface area (Å²) in [6, 6.07) is 9.51. The van der Waals surface area contributed by atoms with Gasteiger partial charge in [-0.1, -0.05) is 18.2 Å². The first-order valence-corrected chi connectivity index (χ1v) is 6.73. The largest absolute Gasteiger partial charge is 0.465 e. The third-order valence-corrected chi connectivity index (χ3v) is 3.57. The fourth-order valence-corrected chi connectivity index (χ4v) is 2.47. The summed E-state index contributed by atoms with van der Waals surface area (Å²) in [5.74, 6) is -1.14. The summed E-state index contributed by atoms with van der Waals surface area (Å²) in [6.07, 6.45) is 0. The quantitative estimate of drug-likeness (QED) is 0.411. The molecule has 0 saturated carbocycles. The Labute approximate surface area is 130 Å². The van der Waals surface area contributed by atoms with Gasteiger partial charge >= 0.3 is 17.6 Å². The summed E-state index contributed by atoms with van der Waals surface area (Å²) < 4.78 is 14.6. The lowest BCUT2D eigenvalue weighted by molar-refractivity contribution is 0.0592. The average Bonchev–Trinajstić information content (AvgIpc) is 2.59. The van der Waals surface area contributed by atoms with Gasteiger partial charge in [-0.05, 0) is 23.6 Å². The minimum absolute atomic E-state index is 0.155. The smallest absolute Gasteiger partial charge is 0.344 e. The Morgan fingerprint density at radius 2 is 1.65 bits per heavy atom. The maximum Gasteiger partial charge on any atom is 0.344 e. The molecule has 0 N–H and O–H groups in total. The van der Waals surface area contributed by atoms with Crippen molar-refractivity contribution in [1.29, 1.82) is 0 Å². The molecule has 0 bridgehead atoms. The Morgan fingerprint density at radius 1 is 0.913 bits per heavy atom. The zero-order chi connectivity index (χ0) is 16.6. The molecule has 0 amide bonds. The highest BCUT2D eigenvalue weighted by Gasteiger charge is 2.17. The predicted molar refractivity (Wildman–Crippen MR) is 82.7 cm³/mol. The van der Waals surface area contributed by atoms with Crippen molar-refractivity contribution in [3.63, 3.8) is 0 Å². The SMILES string of the molecule is COC(=O)c1ccc2c(c1)c(=O)oc1c(C(=O)OC)cccc12. The molecule has 0 atom stereocenters. The second-order valence-electron chi connectivity index (χ2n) is 4.82. The van der Waals surface area contributed by atoms with E-state index in [-0.39, 0.29) is 22.1 Å². The maximum atomic E-state index is 12.2. The standard InChI is InChI=1S/C17H12O6/c1-21-15(18)9-6-7-10-11-4-3-5-12(16(19)22-2)14(11)23-17(20)13(10)8-9/h3-8H,1-2H3. The second-order valence-corrected chi connectivity index (χ2v) is 4.82. The number of esters is 2. The number of carbonyl (C=O) groups is 2. The van der Waals surface area contributed by atoms with E-state index in [0.717, 1.165) is 0 Å². The van der Waals surface area contributed by atoms with Crippen LogP contribution in [0, 0.1) is 0 Å². The molecule has 1 heterocycles. The third-order valence-electron chi connectivity index (χ3n) is 3.57. The first-order valence-electron chi connectivity index (χ1n) is 6.73. The number of fused-ring (bicyclic) bond motifs is 3. The van der Waals surface area contributed by atoms with E-state index < -0.39 is 17.6 Å². The van der Waals surface area contributed by atoms with Crippen molar-refractivity contribution in [3.8, 4) is 0 Å². The summed E-state index contributed by atoms with van der Waals surface area (Å²) in [6.45, 7) is 0. The third kappa shape index (κ3) is 2.34. The average molecular weight is 312 g/mol. The molecule has 3 rings (SSSR count). The molecular formula is C17H12O6. The van der Waals surface area contributed by atoms with E-state index in [1.165, 1.54) is 26.4 Å². The molecular weight excluding hydrogens is 300 g/mol.